The first-order chi connectivity index (χ1) is 16.2. The maximum atomic E-state index is 13.2. The van der Waals surface area contributed by atoms with E-state index in [9.17, 15) is 9.59 Å². The Labute approximate surface area is 192 Å². The first-order valence-electron chi connectivity index (χ1n) is 11.4. The quantitative estimate of drug-likeness (QED) is 0.652. The van der Waals surface area contributed by atoms with Crippen molar-refractivity contribution in [2.75, 3.05) is 13.1 Å². The van der Waals surface area contributed by atoms with Crippen LogP contribution in [0.1, 0.15) is 46.4 Å². The highest BCUT2D eigenvalue weighted by molar-refractivity contribution is 5.93. The van der Waals surface area contributed by atoms with Gasteiger partial charge in [0.1, 0.15) is 6.10 Å². The monoisotopic (exact) mass is 445 g/mol. The number of carbonyl (C=O) groups is 2. The molecule has 0 aliphatic carbocycles. The fourth-order valence-electron chi connectivity index (χ4n) is 4.49. The number of imidazole rings is 1. The highest BCUT2D eigenvalue weighted by Crippen LogP contribution is 2.28. The maximum absolute atomic E-state index is 13.2. The summed E-state index contributed by atoms with van der Waals surface area (Å²) in [5, 5.41) is 2.96. The minimum absolute atomic E-state index is 0.0208. The lowest BCUT2D eigenvalue weighted by Gasteiger charge is -2.31. The maximum Gasteiger partial charge on any atom is 0.274 e. The molecule has 170 valence electrons. The normalized spacial score (nSPS) is 18.5. The average Bonchev–Trinajstić information content (AvgIpc) is 3.31. The van der Waals surface area contributed by atoms with E-state index >= 15 is 0 Å². The Morgan fingerprint density at radius 1 is 1.03 bits per heavy atom. The molecule has 8 nitrogen and oxygen atoms in total. The molecule has 1 aromatic carbocycles. The van der Waals surface area contributed by atoms with Gasteiger partial charge in [-0.2, -0.15) is 0 Å². The van der Waals surface area contributed by atoms with Crippen molar-refractivity contribution in [3.63, 3.8) is 0 Å². The molecule has 2 aliphatic rings. The van der Waals surface area contributed by atoms with Gasteiger partial charge in [0, 0.05) is 25.2 Å². The van der Waals surface area contributed by atoms with Gasteiger partial charge in [-0.1, -0.05) is 36.4 Å². The van der Waals surface area contributed by atoms with Crippen molar-refractivity contribution in [3.05, 3.63) is 83.7 Å². The second-order valence-electron chi connectivity index (χ2n) is 8.51. The second-order valence-corrected chi connectivity index (χ2v) is 8.51. The minimum Gasteiger partial charge on any atom is -0.365 e. The van der Waals surface area contributed by atoms with Crippen LogP contribution in [0.2, 0.25) is 0 Å². The third-order valence-corrected chi connectivity index (χ3v) is 6.43. The Hall–Kier alpha value is -3.52. The molecular formula is C25H27N5O3. The van der Waals surface area contributed by atoms with Gasteiger partial charge in [0.25, 0.3) is 5.91 Å². The molecule has 2 aromatic heterocycles. The molecule has 0 saturated carbocycles. The molecule has 1 saturated heterocycles. The van der Waals surface area contributed by atoms with E-state index in [-0.39, 0.29) is 23.8 Å². The standard InChI is InChI=1S/C25H27N5O3/c31-24(27-14-20-8-4-5-11-26-20)19-9-12-29(13-10-19)25(32)23-21-16-33-22(15-30(21)17-28-23)18-6-2-1-3-7-18/h1-8,11,17,19,22H,9-10,12-16H2,(H,27,31)/t22-/m1/s1. The number of nitrogens with one attached hydrogen (secondary N) is 1. The number of amides is 2. The number of aromatic nitrogens is 3. The molecule has 0 unspecified atom stereocenters. The van der Waals surface area contributed by atoms with E-state index < -0.39 is 0 Å². The molecule has 1 N–H and O–H groups in total. The van der Waals surface area contributed by atoms with Crippen molar-refractivity contribution in [2.45, 2.75) is 38.6 Å². The van der Waals surface area contributed by atoms with Gasteiger partial charge in [-0.25, -0.2) is 4.98 Å². The molecule has 0 bridgehead atoms. The highest BCUT2D eigenvalue weighted by atomic mass is 16.5. The van der Waals surface area contributed by atoms with Crippen molar-refractivity contribution in [1.29, 1.82) is 0 Å². The van der Waals surface area contributed by atoms with Crippen LogP contribution in [0.15, 0.2) is 61.1 Å². The Bertz CT molecular complexity index is 1110. The summed E-state index contributed by atoms with van der Waals surface area (Å²) >= 11 is 0. The van der Waals surface area contributed by atoms with E-state index in [2.05, 4.69) is 27.4 Å². The van der Waals surface area contributed by atoms with E-state index in [1.807, 2.05) is 41.0 Å². The van der Waals surface area contributed by atoms with E-state index in [4.69, 9.17) is 4.74 Å². The fraction of sp³-hybridized carbons (Fsp3) is 0.360. The minimum atomic E-state index is -0.0939. The molecule has 8 heteroatoms. The molecular weight excluding hydrogens is 418 g/mol. The Kier molecular flexibility index (Phi) is 6.17. The number of rotatable bonds is 5. The molecule has 4 heterocycles. The van der Waals surface area contributed by atoms with Crippen molar-refractivity contribution >= 4 is 11.8 Å². The first-order valence-corrected chi connectivity index (χ1v) is 11.4. The van der Waals surface area contributed by atoms with Crippen LogP contribution in [-0.2, 0) is 29.2 Å². The molecule has 0 radical (unpaired) electrons. The summed E-state index contributed by atoms with van der Waals surface area (Å²) in [4.78, 5) is 36.2. The van der Waals surface area contributed by atoms with Crippen LogP contribution >= 0.6 is 0 Å². The summed E-state index contributed by atoms with van der Waals surface area (Å²) in [7, 11) is 0. The zero-order valence-corrected chi connectivity index (χ0v) is 18.4. The van der Waals surface area contributed by atoms with Crippen LogP contribution in [0.25, 0.3) is 0 Å². The van der Waals surface area contributed by atoms with Crippen LogP contribution in [0.4, 0.5) is 0 Å². The number of ether oxygens (including phenoxy) is 1. The van der Waals surface area contributed by atoms with Crippen molar-refractivity contribution in [3.8, 4) is 0 Å². The summed E-state index contributed by atoms with van der Waals surface area (Å²) in [5.74, 6) is -0.158. The number of piperidine rings is 1. The van der Waals surface area contributed by atoms with Crippen molar-refractivity contribution in [2.24, 2.45) is 5.92 Å². The lowest BCUT2D eigenvalue weighted by Crippen LogP contribution is -2.43. The van der Waals surface area contributed by atoms with Gasteiger partial charge in [0.05, 0.1) is 37.4 Å². The predicted molar refractivity (Wildman–Crippen MR) is 121 cm³/mol. The summed E-state index contributed by atoms with van der Waals surface area (Å²) in [6, 6.07) is 15.7. The molecule has 3 aromatic rings. The summed E-state index contributed by atoms with van der Waals surface area (Å²) in [6.07, 6.45) is 4.69. The summed E-state index contributed by atoms with van der Waals surface area (Å²) < 4.78 is 8.07. The fourth-order valence-corrected chi connectivity index (χ4v) is 4.49. The zero-order chi connectivity index (χ0) is 22.6. The molecule has 1 fully saturated rings. The number of fused-ring (bicyclic) bond motifs is 1. The van der Waals surface area contributed by atoms with Crippen molar-refractivity contribution < 1.29 is 14.3 Å². The molecule has 2 amide bonds. The van der Waals surface area contributed by atoms with Gasteiger partial charge < -0.3 is 19.5 Å². The summed E-state index contributed by atoms with van der Waals surface area (Å²) in [6.45, 7) is 2.50. The third-order valence-electron chi connectivity index (χ3n) is 6.43. The number of pyridine rings is 1. The SMILES string of the molecule is O=C(NCc1ccccn1)C1CCN(C(=O)c2ncn3c2CO[C@@H](c2ccccc2)C3)CC1. The lowest BCUT2D eigenvalue weighted by atomic mass is 9.95. The average molecular weight is 446 g/mol. The number of likely N-dealkylation sites (tertiary alicyclic amines) is 1. The van der Waals surface area contributed by atoms with Crippen LogP contribution < -0.4 is 5.32 Å². The highest BCUT2D eigenvalue weighted by Gasteiger charge is 2.32. The van der Waals surface area contributed by atoms with Crippen LogP contribution in [0, 0.1) is 5.92 Å². The van der Waals surface area contributed by atoms with E-state index in [0.29, 0.717) is 51.3 Å². The van der Waals surface area contributed by atoms with Gasteiger partial charge in [-0.05, 0) is 30.5 Å². The van der Waals surface area contributed by atoms with Crippen LogP contribution in [0.3, 0.4) is 0 Å². The number of benzene rings is 1. The predicted octanol–water partition coefficient (Wildman–Crippen LogP) is 2.72. The number of hydrogen-bond acceptors (Lipinski definition) is 5. The molecule has 0 spiro atoms. The number of carbonyl (C=O) groups excluding carboxylic acids is 2. The smallest absolute Gasteiger partial charge is 0.274 e. The van der Waals surface area contributed by atoms with E-state index in [1.165, 1.54) is 0 Å². The number of nitrogens with zero attached hydrogens (tertiary/aromatic N) is 4. The zero-order valence-electron chi connectivity index (χ0n) is 18.4. The summed E-state index contributed by atoms with van der Waals surface area (Å²) in [5.41, 5.74) is 3.23. The van der Waals surface area contributed by atoms with Gasteiger partial charge in [0.15, 0.2) is 5.69 Å². The van der Waals surface area contributed by atoms with Gasteiger partial charge in [0.2, 0.25) is 5.91 Å². The van der Waals surface area contributed by atoms with Gasteiger partial charge in [-0.15, -0.1) is 0 Å². The largest absolute Gasteiger partial charge is 0.365 e. The lowest BCUT2D eigenvalue weighted by molar-refractivity contribution is -0.126. The van der Waals surface area contributed by atoms with Gasteiger partial charge in [-0.3, -0.25) is 14.6 Å². The van der Waals surface area contributed by atoms with Crippen molar-refractivity contribution in [1.82, 2.24) is 24.8 Å². The molecule has 1 atom stereocenters. The topological polar surface area (TPSA) is 89.4 Å². The second kappa shape index (κ2) is 9.54. The third kappa shape index (κ3) is 4.66. The van der Waals surface area contributed by atoms with Gasteiger partial charge >= 0.3 is 0 Å². The Morgan fingerprint density at radius 3 is 2.58 bits per heavy atom. The molecule has 5 rings (SSSR count). The Morgan fingerprint density at radius 2 is 1.82 bits per heavy atom. The first kappa shape index (κ1) is 21.3. The van der Waals surface area contributed by atoms with Crippen LogP contribution in [-0.4, -0.2) is 44.3 Å². The van der Waals surface area contributed by atoms with E-state index in [0.717, 1.165) is 17.0 Å². The number of hydrogen-bond donors (Lipinski definition) is 1. The molecule has 33 heavy (non-hydrogen) atoms. The Balaban J connectivity index is 1.16. The van der Waals surface area contributed by atoms with E-state index in [1.54, 1.807) is 17.4 Å². The van der Waals surface area contributed by atoms with Crippen LogP contribution in [0.5, 0.6) is 0 Å². The molecule has 2 aliphatic heterocycles.